The molecule has 0 saturated heterocycles. The molecule has 4 atom stereocenters. The summed E-state index contributed by atoms with van der Waals surface area (Å²) in [5.41, 5.74) is 0. The van der Waals surface area contributed by atoms with Gasteiger partial charge in [0.05, 0.1) is 11.8 Å². The van der Waals surface area contributed by atoms with E-state index in [4.69, 9.17) is 4.52 Å². The van der Waals surface area contributed by atoms with Crippen molar-refractivity contribution in [3.05, 3.63) is 11.7 Å². The van der Waals surface area contributed by atoms with E-state index >= 15 is 0 Å². The van der Waals surface area contributed by atoms with Crippen LogP contribution in [-0.2, 0) is 4.79 Å². The van der Waals surface area contributed by atoms with Crippen LogP contribution in [0.3, 0.4) is 0 Å². The highest BCUT2D eigenvalue weighted by atomic mass is 16.5. The second kappa shape index (κ2) is 5.32. The molecule has 23 heavy (non-hydrogen) atoms. The van der Waals surface area contributed by atoms with E-state index in [2.05, 4.69) is 15.5 Å². The average Bonchev–Trinajstić information content (AvgIpc) is 2.96. The Labute approximate surface area is 136 Å². The summed E-state index contributed by atoms with van der Waals surface area (Å²) in [5.74, 6) is 4.36. The summed E-state index contributed by atoms with van der Waals surface area (Å²) >= 11 is 0. The number of hydrogen-bond acceptors (Lipinski definition) is 4. The number of hydrogen-bond donors (Lipinski definition) is 1. The van der Waals surface area contributed by atoms with Crippen molar-refractivity contribution < 1.29 is 9.32 Å². The van der Waals surface area contributed by atoms with Gasteiger partial charge in [-0.05, 0) is 62.7 Å². The lowest BCUT2D eigenvalue weighted by Gasteiger charge is -2.30. The van der Waals surface area contributed by atoms with E-state index in [1.54, 1.807) is 0 Å². The number of aromatic nitrogens is 2. The third-order valence-corrected chi connectivity index (χ3v) is 6.69. The number of carbonyl (C=O) groups is 1. The van der Waals surface area contributed by atoms with Gasteiger partial charge < -0.3 is 9.84 Å². The minimum Gasteiger partial charge on any atom is -0.356 e. The molecule has 4 saturated carbocycles. The van der Waals surface area contributed by atoms with Crippen LogP contribution in [-0.4, -0.2) is 22.6 Å². The summed E-state index contributed by atoms with van der Waals surface area (Å²) in [6.45, 7) is 0.858. The van der Waals surface area contributed by atoms with E-state index in [1.807, 2.05) is 0 Å². The molecule has 1 aromatic rings. The van der Waals surface area contributed by atoms with E-state index in [0.29, 0.717) is 23.7 Å². The standard InChI is InChI=1S/C18H25N3O2/c22-17(19-9-10-2-1-3-10)14-12-6-7-13(8-12)15(14)18-20-16(21-23-18)11-4-5-11/h10-15H,1-9H2,(H,19,22)/t12-,13+,14-,15-/m0/s1. The first-order valence-corrected chi connectivity index (χ1v) is 9.41. The zero-order valence-electron chi connectivity index (χ0n) is 13.5. The molecule has 5 nitrogen and oxygen atoms in total. The highest BCUT2D eigenvalue weighted by Crippen LogP contribution is 2.56. The van der Waals surface area contributed by atoms with Gasteiger partial charge in [0, 0.05) is 12.5 Å². The molecule has 0 spiro atoms. The monoisotopic (exact) mass is 315 g/mol. The summed E-state index contributed by atoms with van der Waals surface area (Å²) in [5, 5.41) is 7.40. The molecule has 2 bridgehead atoms. The van der Waals surface area contributed by atoms with E-state index in [9.17, 15) is 4.79 Å². The van der Waals surface area contributed by atoms with E-state index in [1.165, 1.54) is 44.9 Å². The van der Waals surface area contributed by atoms with Gasteiger partial charge in [-0.1, -0.05) is 11.6 Å². The Kier molecular flexibility index (Phi) is 3.24. The Morgan fingerprint density at radius 3 is 2.70 bits per heavy atom. The quantitative estimate of drug-likeness (QED) is 0.907. The fraction of sp³-hybridized carbons (Fsp3) is 0.833. The number of fused-ring (bicyclic) bond motifs is 2. The molecule has 5 heteroatoms. The zero-order valence-corrected chi connectivity index (χ0v) is 13.5. The summed E-state index contributed by atoms with van der Waals surface area (Å²) in [7, 11) is 0. The van der Waals surface area contributed by atoms with Crippen LogP contribution >= 0.6 is 0 Å². The first kappa shape index (κ1) is 14.0. The molecule has 124 valence electrons. The number of nitrogens with one attached hydrogen (secondary N) is 1. The molecule has 0 aromatic carbocycles. The zero-order chi connectivity index (χ0) is 15.4. The maximum atomic E-state index is 12.8. The second-order valence-electron chi connectivity index (χ2n) is 8.19. The topological polar surface area (TPSA) is 68.0 Å². The number of amides is 1. The van der Waals surface area contributed by atoms with Crippen molar-refractivity contribution >= 4 is 5.91 Å². The molecule has 1 amide bonds. The van der Waals surface area contributed by atoms with Crippen molar-refractivity contribution in [2.75, 3.05) is 6.54 Å². The molecule has 4 aliphatic rings. The Hall–Kier alpha value is -1.39. The number of rotatable bonds is 5. The summed E-state index contributed by atoms with van der Waals surface area (Å²) in [4.78, 5) is 17.5. The molecule has 0 radical (unpaired) electrons. The van der Waals surface area contributed by atoms with Gasteiger partial charge >= 0.3 is 0 Å². The highest BCUT2D eigenvalue weighted by molar-refractivity contribution is 5.80. The first-order valence-electron chi connectivity index (χ1n) is 9.41. The molecule has 5 rings (SSSR count). The number of carbonyl (C=O) groups excluding carboxylic acids is 1. The van der Waals surface area contributed by atoms with Gasteiger partial charge in [-0.15, -0.1) is 0 Å². The van der Waals surface area contributed by atoms with Gasteiger partial charge in [0.25, 0.3) is 0 Å². The Bertz CT molecular complexity index is 605. The van der Waals surface area contributed by atoms with Crippen molar-refractivity contribution in [2.45, 2.75) is 63.2 Å². The molecule has 1 heterocycles. The maximum absolute atomic E-state index is 12.8. The van der Waals surface area contributed by atoms with E-state index in [0.717, 1.165) is 24.7 Å². The third kappa shape index (κ3) is 2.39. The van der Waals surface area contributed by atoms with Gasteiger partial charge in [-0.2, -0.15) is 4.98 Å². The van der Waals surface area contributed by atoms with E-state index in [-0.39, 0.29) is 17.7 Å². The highest BCUT2D eigenvalue weighted by Gasteiger charge is 2.53. The van der Waals surface area contributed by atoms with Crippen molar-refractivity contribution in [3.63, 3.8) is 0 Å². The Balaban J connectivity index is 1.33. The van der Waals surface area contributed by atoms with Gasteiger partial charge in [-0.3, -0.25) is 4.79 Å². The van der Waals surface area contributed by atoms with Gasteiger partial charge in [0.1, 0.15) is 0 Å². The van der Waals surface area contributed by atoms with Crippen molar-refractivity contribution in [1.82, 2.24) is 15.5 Å². The van der Waals surface area contributed by atoms with Crippen LogP contribution in [0.15, 0.2) is 4.52 Å². The Morgan fingerprint density at radius 1 is 1.13 bits per heavy atom. The van der Waals surface area contributed by atoms with E-state index < -0.39 is 0 Å². The largest absolute Gasteiger partial charge is 0.356 e. The average molecular weight is 315 g/mol. The van der Waals surface area contributed by atoms with Crippen molar-refractivity contribution in [3.8, 4) is 0 Å². The minimum atomic E-state index is 0.0568. The SMILES string of the molecule is O=C(NCC1CCC1)[C@H]1[C@H]2CC[C@H](C2)[C@@H]1c1nc(C2CC2)no1. The lowest BCUT2D eigenvalue weighted by Crippen LogP contribution is -2.40. The van der Waals surface area contributed by atoms with Gasteiger partial charge in [0.15, 0.2) is 5.82 Å². The predicted molar refractivity (Wildman–Crippen MR) is 83.7 cm³/mol. The third-order valence-electron chi connectivity index (χ3n) is 6.69. The van der Waals surface area contributed by atoms with Crippen LogP contribution in [0.25, 0.3) is 0 Å². The van der Waals surface area contributed by atoms with Crippen LogP contribution < -0.4 is 5.32 Å². The molecule has 4 fully saturated rings. The first-order chi connectivity index (χ1) is 11.3. The lowest BCUT2D eigenvalue weighted by molar-refractivity contribution is -0.127. The fourth-order valence-corrected chi connectivity index (χ4v) is 4.97. The molecule has 0 aliphatic heterocycles. The lowest BCUT2D eigenvalue weighted by atomic mass is 9.78. The van der Waals surface area contributed by atoms with Gasteiger partial charge in [0.2, 0.25) is 11.8 Å². The number of nitrogens with zero attached hydrogens (tertiary/aromatic N) is 2. The Morgan fingerprint density at radius 2 is 1.96 bits per heavy atom. The molecule has 1 aromatic heterocycles. The summed E-state index contributed by atoms with van der Waals surface area (Å²) < 4.78 is 5.60. The van der Waals surface area contributed by atoms with Crippen LogP contribution in [0.1, 0.15) is 74.9 Å². The molecule has 0 unspecified atom stereocenters. The van der Waals surface area contributed by atoms with Crippen LogP contribution in [0.2, 0.25) is 0 Å². The van der Waals surface area contributed by atoms with Crippen molar-refractivity contribution in [2.24, 2.45) is 23.7 Å². The fourth-order valence-electron chi connectivity index (χ4n) is 4.97. The second-order valence-corrected chi connectivity index (χ2v) is 8.19. The molecular formula is C18H25N3O2. The van der Waals surface area contributed by atoms with Gasteiger partial charge in [-0.25, -0.2) is 0 Å². The van der Waals surface area contributed by atoms with Crippen LogP contribution in [0, 0.1) is 23.7 Å². The molecule has 4 aliphatic carbocycles. The molecular weight excluding hydrogens is 290 g/mol. The smallest absolute Gasteiger partial charge is 0.230 e. The normalized spacial score (nSPS) is 36.2. The summed E-state index contributed by atoms with van der Waals surface area (Å²) in [6.07, 6.45) is 9.79. The van der Waals surface area contributed by atoms with Crippen LogP contribution in [0.4, 0.5) is 0 Å². The molecule has 1 N–H and O–H groups in total. The minimum absolute atomic E-state index is 0.0568. The predicted octanol–water partition coefficient (Wildman–Crippen LogP) is 2.99. The van der Waals surface area contributed by atoms with Crippen LogP contribution in [0.5, 0.6) is 0 Å². The maximum Gasteiger partial charge on any atom is 0.230 e. The summed E-state index contributed by atoms with van der Waals surface area (Å²) in [6, 6.07) is 0. The van der Waals surface area contributed by atoms with Crippen molar-refractivity contribution in [1.29, 1.82) is 0 Å².